The molecule has 1 amide bonds. The first-order chi connectivity index (χ1) is 19.6. The number of nitrogens with one attached hydrogen (secondary N) is 2. The fourth-order valence-electron chi connectivity index (χ4n) is 4.48. The van der Waals surface area contributed by atoms with E-state index in [1.807, 2.05) is 45.9 Å². The van der Waals surface area contributed by atoms with Crippen molar-refractivity contribution < 1.29 is 14.3 Å². The number of benzene rings is 1. The molecule has 0 radical (unpaired) electrons. The smallest absolute Gasteiger partial charge is 0.322 e. The van der Waals surface area contributed by atoms with Crippen LogP contribution < -0.4 is 21.3 Å². The quantitative estimate of drug-likeness (QED) is 0.274. The standard InChI is InChI=1S/C28H37ClN8O3S/c1-17(2)14-21(30)27(39)40-13-12-36-8-10-37(11-9-36)24-15-23(32-19(4)33-24)34-28-31-16-22(41-28)26(38)35-25-18(3)6-5-7-20(25)29/h5-7,15-17,21H,8-14,30H2,1-4H3,(H,35,38)(H,31,32,33,34). The average Bonchev–Trinajstić information content (AvgIpc) is 3.39. The molecule has 1 atom stereocenters. The van der Waals surface area contributed by atoms with Crippen molar-refractivity contribution in [3.63, 3.8) is 0 Å². The lowest BCUT2D eigenvalue weighted by atomic mass is 10.1. The van der Waals surface area contributed by atoms with Crippen LogP contribution in [0.25, 0.3) is 0 Å². The highest BCUT2D eigenvalue weighted by Gasteiger charge is 2.21. The Morgan fingerprint density at radius 3 is 2.63 bits per heavy atom. The van der Waals surface area contributed by atoms with Gasteiger partial charge < -0.3 is 26.0 Å². The highest BCUT2D eigenvalue weighted by molar-refractivity contribution is 7.17. The summed E-state index contributed by atoms with van der Waals surface area (Å²) in [4.78, 5) is 43.3. The molecule has 4 N–H and O–H groups in total. The van der Waals surface area contributed by atoms with Gasteiger partial charge in [-0.25, -0.2) is 15.0 Å². The summed E-state index contributed by atoms with van der Waals surface area (Å²) in [6.07, 6.45) is 2.15. The number of nitrogens with zero attached hydrogens (tertiary/aromatic N) is 5. The number of anilines is 4. The molecule has 1 aliphatic rings. The van der Waals surface area contributed by atoms with E-state index in [9.17, 15) is 9.59 Å². The second-order valence-electron chi connectivity index (χ2n) is 10.4. The number of esters is 1. The zero-order valence-electron chi connectivity index (χ0n) is 23.8. The van der Waals surface area contributed by atoms with Gasteiger partial charge in [0.2, 0.25) is 0 Å². The number of nitrogens with two attached hydrogens (primary N) is 1. The second-order valence-corrected chi connectivity index (χ2v) is 11.9. The van der Waals surface area contributed by atoms with Gasteiger partial charge in [-0.05, 0) is 37.8 Å². The molecular formula is C28H37ClN8O3S. The number of amides is 1. The van der Waals surface area contributed by atoms with Gasteiger partial charge in [-0.15, -0.1) is 0 Å². The molecule has 1 fully saturated rings. The first-order valence-corrected chi connectivity index (χ1v) is 14.8. The van der Waals surface area contributed by atoms with Crippen molar-refractivity contribution >= 4 is 57.3 Å². The number of hydrogen-bond acceptors (Lipinski definition) is 11. The molecule has 13 heteroatoms. The monoisotopic (exact) mass is 600 g/mol. The zero-order chi connectivity index (χ0) is 29.5. The molecule has 1 saturated heterocycles. The largest absolute Gasteiger partial charge is 0.463 e. The molecule has 3 heterocycles. The number of ether oxygens (including phenoxy) is 1. The van der Waals surface area contributed by atoms with E-state index in [1.54, 1.807) is 6.07 Å². The van der Waals surface area contributed by atoms with Crippen LogP contribution in [0.2, 0.25) is 5.02 Å². The number of carbonyl (C=O) groups is 2. The summed E-state index contributed by atoms with van der Waals surface area (Å²) in [5, 5.41) is 7.11. The van der Waals surface area contributed by atoms with Crippen LogP contribution in [-0.4, -0.2) is 77.1 Å². The van der Waals surface area contributed by atoms with Gasteiger partial charge in [0.1, 0.15) is 35.0 Å². The molecule has 3 aromatic rings. The van der Waals surface area contributed by atoms with Crippen LogP contribution in [0.5, 0.6) is 0 Å². The Labute approximate surface area is 249 Å². The van der Waals surface area contributed by atoms with Gasteiger partial charge in [-0.3, -0.25) is 14.5 Å². The Bertz CT molecular complexity index is 1340. The summed E-state index contributed by atoms with van der Waals surface area (Å²) in [5.41, 5.74) is 7.37. The van der Waals surface area contributed by atoms with Crippen LogP contribution in [0, 0.1) is 19.8 Å². The summed E-state index contributed by atoms with van der Waals surface area (Å²) >= 11 is 7.48. The Kier molecular flexibility index (Phi) is 10.5. The van der Waals surface area contributed by atoms with Crippen LogP contribution in [0.1, 0.15) is 41.3 Å². The molecule has 2 aromatic heterocycles. The molecule has 4 rings (SSSR count). The van der Waals surface area contributed by atoms with E-state index in [0.29, 0.717) is 57.9 Å². The minimum absolute atomic E-state index is 0.280. The van der Waals surface area contributed by atoms with Crippen molar-refractivity contribution in [1.82, 2.24) is 19.9 Å². The molecule has 1 aliphatic heterocycles. The zero-order valence-corrected chi connectivity index (χ0v) is 25.4. The summed E-state index contributed by atoms with van der Waals surface area (Å²) in [6.45, 7) is 12.0. The van der Waals surface area contributed by atoms with Crippen molar-refractivity contribution in [2.45, 2.75) is 40.2 Å². The van der Waals surface area contributed by atoms with Gasteiger partial charge in [0.15, 0.2) is 5.13 Å². The third-order valence-electron chi connectivity index (χ3n) is 6.63. The second kappa shape index (κ2) is 14.0. The number of carbonyl (C=O) groups excluding carboxylic acids is 2. The van der Waals surface area contributed by atoms with Crippen LogP contribution in [-0.2, 0) is 9.53 Å². The minimum atomic E-state index is -0.568. The Hall–Kier alpha value is -3.32. The number of para-hydroxylation sites is 1. The van der Waals surface area contributed by atoms with Crippen molar-refractivity contribution in [3.8, 4) is 0 Å². The van der Waals surface area contributed by atoms with E-state index in [1.165, 1.54) is 17.5 Å². The lowest BCUT2D eigenvalue weighted by Crippen LogP contribution is -2.48. The molecule has 1 unspecified atom stereocenters. The molecular weight excluding hydrogens is 564 g/mol. The van der Waals surface area contributed by atoms with E-state index in [-0.39, 0.29) is 11.9 Å². The topological polar surface area (TPSA) is 139 Å². The van der Waals surface area contributed by atoms with E-state index >= 15 is 0 Å². The van der Waals surface area contributed by atoms with Crippen molar-refractivity contribution in [2.24, 2.45) is 11.7 Å². The maximum atomic E-state index is 12.8. The fraction of sp³-hybridized carbons (Fsp3) is 0.464. The number of thiazole rings is 1. The summed E-state index contributed by atoms with van der Waals surface area (Å²) in [7, 11) is 0. The lowest BCUT2D eigenvalue weighted by Gasteiger charge is -2.35. The highest BCUT2D eigenvalue weighted by atomic mass is 35.5. The molecule has 0 aliphatic carbocycles. The molecule has 11 nitrogen and oxygen atoms in total. The van der Waals surface area contributed by atoms with Gasteiger partial charge in [0.05, 0.1) is 16.9 Å². The van der Waals surface area contributed by atoms with Crippen LogP contribution in [0.3, 0.4) is 0 Å². The third kappa shape index (κ3) is 8.59. The van der Waals surface area contributed by atoms with Crippen molar-refractivity contribution in [1.29, 1.82) is 0 Å². The first kappa shape index (κ1) is 30.6. The predicted octanol–water partition coefficient (Wildman–Crippen LogP) is 4.24. The number of aromatic nitrogens is 3. The molecule has 41 heavy (non-hydrogen) atoms. The van der Waals surface area contributed by atoms with E-state index < -0.39 is 6.04 Å². The Morgan fingerprint density at radius 2 is 1.93 bits per heavy atom. The maximum Gasteiger partial charge on any atom is 0.322 e. The van der Waals surface area contributed by atoms with E-state index in [4.69, 9.17) is 22.1 Å². The van der Waals surface area contributed by atoms with Crippen LogP contribution in [0.4, 0.5) is 22.5 Å². The number of halogens is 1. The van der Waals surface area contributed by atoms with Gasteiger partial charge in [0.25, 0.3) is 5.91 Å². The number of rotatable bonds is 11. The molecule has 0 bridgehead atoms. The molecule has 0 spiro atoms. The molecule has 1 aromatic carbocycles. The number of piperazine rings is 1. The number of aryl methyl sites for hydroxylation is 2. The maximum absolute atomic E-state index is 12.8. The summed E-state index contributed by atoms with van der Waals surface area (Å²) in [5.74, 6) is 1.77. The van der Waals surface area contributed by atoms with E-state index in [0.717, 1.165) is 37.6 Å². The SMILES string of the molecule is Cc1nc(Nc2ncc(C(=O)Nc3c(C)cccc3Cl)s2)cc(N2CCN(CCOC(=O)C(N)CC(C)C)CC2)n1. The minimum Gasteiger partial charge on any atom is -0.463 e. The highest BCUT2D eigenvalue weighted by Crippen LogP contribution is 2.28. The van der Waals surface area contributed by atoms with Gasteiger partial charge in [-0.2, -0.15) is 0 Å². The Balaban J connectivity index is 1.29. The molecule has 220 valence electrons. The predicted molar refractivity (Wildman–Crippen MR) is 163 cm³/mol. The van der Waals surface area contributed by atoms with Gasteiger partial charge in [-0.1, -0.05) is 48.9 Å². The summed E-state index contributed by atoms with van der Waals surface area (Å²) < 4.78 is 5.38. The van der Waals surface area contributed by atoms with Crippen molar-refractivity contribution in [3.05, 3.63) is 51.7 Å². The fourth-order valence-corrected chi connectivity index (χ4v) is 5.46. The van der Waals surface area contributed by atoms with Crippen LogP contribution >= 0.6 is 22.9 Å². The van der Waals surface area contributed by atoms with Gasteiger partial charge in [0, 0.05) is 38.8 Å². The van der Waals surface area contributed by atoms with Crippen molar-refractivity contribution in [2.75, 3.05) is 54.9 Å². The Morgan fingerprint density at radius 1 is 1.17 bits per heavy atom. The third-order valence-corrected chi connectivity index (χ3v) is 7.85. The first-order valence-electron chi connectivity index (χ1n) is 13.6. The molecule has 0 saturated carbocycles. The lowest BCUT2D eigenvalue weighted by molar-refractivity contribution is -0.146. The normalized spacial score (nSPS) is 14.7. The average molecular weight is 601 g/mol. The van der Waals surface area contributed by atoms with Gasteiger partial charge >= 0.3 is 5.97 Å². The van der Waals surface area contributed by atoms with E-state index in [2.05, 4.69) is 35.4 Å². The van der Waals surface area contributed by atoms with Crippen LogP contribution in [0.15, 0.2) is 30.5 Å². The summed E-state index contributed by atoms with van der Waals surface area (Å²) in [6, 6.07) is 6.78. The number of hydrogen-bond donors (Lipinski definition) is 3.